The van der Waals surface area contributed by atoms with Gasteiger partial charge >= 0.3 is 12.1 Å². The molecule has 26 heavy (non-hydrogen) atoms. The average molecular weight is 361 g/mol. The summed E-state index contributed by atoms with van der Waals surface area (Å²) in [7, 11) is 1.26. The number of hydrogen-bond acceptors (Lipinski definition) is 7. The zero-order chi connectivity index (χ0) is 19.2. The SMILES string of the molecule is COC(=O)[C@@H](CCc1nc(-c2ccccc2)no1)NC(=O)OC(C)(C)C. The van der Waals surface area contributed by atoms with Crippen LogP contribution < -0.4 is 5.32 Å². The maximum absolute atomic E-state index is 11.9. The molecule has 0 saturated heterocycles. The van der Waals surface area contributed by atoms with Gasteiger partial charge in [-0.3, -0.25) is 0 Å². The molecular weight excluding hydrogens is 338 g/mol. The van der Waals surface area contributed by atoms with Gasteiger partial charge < -0.3 is 19.3 Å². The number of carbonyl (C=O) groups excluding carboxylic acids is 2. The first-order chi connectivity index (χ1) is 12.3. The first-order valence-electron chi connectivity index (χ1n) is 8.24. The number of aryl methyl sites for hydroxylation is 1. The van der Waals surface area contributed by atoms with E-state index in [1.54, 1.807) is 20.8 Å². The van der Waals surface area contributed by atoms with E-state index in [0.717, 1.165) is 5.56 Å². The van der Waals surface area contributed by atoms with E-state index in [0.29, 0.717) is 18.1 Å². The summed E-state index contributed by atoms with van der Waals surface area (Å²) in [4.78, 5) is 28.1. The summed E-state index contributed by atoms with van der Waals surface area (Å²) in [5.74, 6) is 0.262. The smallest absolute Gasteiger partial charge is 0.408 e. The summed E-state index contributed by atoms with van der Waals surface area (Å²) in [6.45, 7) is 5.22. The first kappa shape index (κ1) is 19.4. The third-order valence-electron chi connectivity index (χ3n) is 3.32. The summed E-state index contributed by atoms with van der Waals surface area (Å²) in [5.41, 5.74) is 0.167. The number of nitrogens with one attached hydrogen (secondary N) is 1. The lowest BCUT2D eigenvalue weighted by molar-refractivity contribution is -0.143. The fraction of sp³-hybridized carbons (Fsp3) is 0.444. The van der Waals surface area contributed by atoms with Gasteiger partial charge in [-0.1, -0.05) is 35.5 Å². The third kappa shape index (κ3) is 5.87. The second-order valence-corrected chi connectivity index (χ2v) is 6.64. The van der Waals surface area contributed by atoms with Gasteiger partial charge in [0, 0.05) is 12.0 Å². The van der Waals surface area contributed by atoms with Crippen LogP contribution in [0.5, 0.6) is 0 Å². The molecule has 1 N–H and O–H groups in total. The lowest BCUT2D eigenvalue weighted by atomic mass is 10.1. The van der Waals surface area contributed by atoms with Gasteiger partial charge in [-0.15, -0.1) is 0 Å². The second-order valence-electron chi connectivity index (χ2n) is 6.64. The Balaban J connectivity index is 1.98. The fourth-order valence-electron chi connectivity index (χ4n) is 2.17. The van der Waals surface area contributed by atoms with Crippen LogP contribution in [0, 0.1) is 0 Å². The van der Waals surface area contributed by atoms with Crippen molar-refractivity contribution in [1.29, 1.82) is 0 Å². The molecule has 0 saturated carbocycles. The Hall–Kier alpha value is -2.90. The Morgan fingerprint density at radius 2 is 1.92 bits per heavy atom. The number of esters is 1. The minimum absolute atomic E-state index is 0.238. The molecule has 1 aromatic heterocycles. The quantitative estimate of drug-likeness (QED) is 0.789. The standard InChI is InChI=1S/C18H23N3O5/c1-18(2,3)25-17(23)19-13(16(22)24-4)10-11-14-20-15(21-26-14)12-8-6-5-7-9-12/h5-9,13H,10-11H2,1-4H3,(H,19,23)/t13-/m1/s1. The van der Waals surface area contributed by atoms with Crippen LogP contribution >= 0.6 is 0 Å². The minimum atomic E-state index is -0.873. The molecule has 0 spiro atoms. The summed E-state index contributed by atoms with van der Waals surface area (Å²) in [6, 6.07) is 8.52. The van der Waals surface area contributed by atoms with E-state index in [1.807, 2.05) is 30.3 Å². The Kier molecular flexibility index (Phi) is 6.32. The van der Waals surface area contributed by atoms with Crippen LogP contribution in [0.3, 0.4) is 0 Å². The summed E-state index contributed by atoms with van der Waals surface area (Å²) in [5, 5.41) is 6.43. The fourth-order valence-corrected chi connectivity index (χ4v) is 2.17. The maximum atomic E-state index is 11.9. The van der Waals surface area contributed by atoms with Gasteiger partial charge in [0.25, 0.3) is 0 Å². The number of rotatable bonds is 6. The highest BCUT2D eigenvalue weighted by Gasteiger charge is 2.25. The number of benzene rings is 1. The first-order valence-corrected chi connectivity index (χ1v) is 8.24. The van der Waals surface area contributed by atoms with Crippen LogP contribution in [0.15, 0.2) is 34.9 Å². The molecule has 8 nitrogen and oxygen atoms in total. The van der Waals surface area contributed by atoms with Gasteiger partial charge in [-0.05, 0) is 27.2 Å². The van der Waals surface area contributed by atoms with Crippen LogP contribution in [0.4, 0.5) is 4.79 Å². The molecule has 0 unspecified atom stereocenters. The molecule has 0 aliphatic carbocycles. The lowest BCUT2D eigenvalue weighted by Gasteiger charge is -2.22. The van der Waals surface area contributed by atoms with Gasteiger partial charge in [0.2, 0.25) is 11.7 Å². The van der Waals surface area contributed by atoms with Crippen LogP contribution in [0.1, 0.15) is 33.1 Å². The number of ether oxygens (including phenoxy) is 2. The largest absolute Gasteiger partial charge is 0.467 e. The molecule has 140 valence electrons. The second kappa shape index (κ2) is 8.46. The van der Waals surface area contributed by atoms with E-state index in [-0.39, 0.29) is 6.42 Å². The van der Waals surface area contributed by atoms with Crippen molar-refractivity contribution in [3.05, 3.63) is 36.2 Å². The highest BCUT2D eigenvalue weighted by molar-refractivity contribution is 5.81. The average Bonchev–Trinajstić information content (AvgIpc) is 3.06. The Morgan fingerprint density at radius 3 is 2.54 bits per heavy atom. The van der Waals surface area contributed by atoms with Crippen molar-refractivity contribution in [2.24, 2.45) is 0 Å². The van der Waals surface area contributed by atoms with Gasteiger partial charge in [-0.2, -0.15) is 4.98 Å². The number of alkyl carbamates (subject to hydrolysis) is 1. The van der Waals surface area contributed by atoms with Crippen molar-refractivity contribution < 1.29 is 23.6 Å². The normalized spacial score (nSPS) is 12.3. The van der Waals surface area contributed by atoms with Crippen molar-refractivity contribution in [1.82, 2.24) is 15.5 Å². The molecule has 0 fully saturated rings. The van der Waals surface area contributed by atoms with Gasteiger partial charge in [-0.25, -0.2) is 9.59 Å². The predicted molar refractivity (Wildman–Crippen MR) is 93.2 cm³/mol. The molecule has 2 rings (SSSR count). The lowest BCUT2D eigenvalue weighted by Crippen LogP contribution is -2.44. The number of aromatic nitrogens is 2. The zero-order valence-electron chi connectivity index (χ0n) is 15.3. The minimum Gasteiger partial charge on any atom is -0.467 e. The monoisotopic (exact) mass is 361 g/mol. The highest BCUT2D eigenvalue weighted by atomic mass is 16.6. The number of nitrogens with zero attached hydrogens (tertiary/aromatic N) is 2. The summed E-state index contributed by atoms with van der Waals surface area (Å²) >= 11 is 0. The molecule has 0 bridgehead atoms. The van der Waals surface area contributed by atoms with Crippen molar-refractivity contribution >= 4 is 12.1 Å². The van der Waals surface area contributed by atoms with E-state index in [2.05, 4.69) is 15.5 Å². The van der Waals surface area contributed by atoms with E-state index >= 15 is 0 Å². The van der Waals surface area contributed by atoms with Gasteiger partial charge in [0.1, 0.15) is 11.6 Å². The highest BCUT2D eigenvalue weighted by Crippen LogP contribution is 2.16. The van der Waals surface area contributed by atoms with Crippen molar-refractivity contribution in [2.75, 3.05) is 7.11 Å². The number of amides is 1. The molecule has 0 radical (unpaired) electrons. The molecule has 0 aliphatic heterocycles. The molecular formula is C18H23N3O5. The maximum Gasteiger partial charge on any atom is 0.408 e. The molecule has 1 amide bonds. The van der Waals surface area contributed by atoms with Gasteiger partial charge in [0.05, 0.1) is 7.11 Å². The molecule has 2 aromatic rings. The topological polar surface area (TPSA) is 104 Å². The van der Waals surface area contributed by atoms with Crippen LogP contribution in [0.25, 0.3) is 11.4 Å². The zero-order valence-corrected chi connectivity index (χ0v) is 15.3. The summed E-state index contributed by atoms with van der Waals surface area (Å²) < 4.78 is 15.1. The van der Waals surface area contributed by atoms with E-state index in [4.69, 9.17) is 14.0 Å². The molecule has 1 aromatic carbocycles. The number of methoxy groups -OCH3 is 1. The number of hydrogen-bond donors (Lipinski definition) is 1. The van der Waals surface area contributed by atoms with Crippen LogP contribution in [0.2, 0.25) is 0 Å². The van der Waals surface area contributed by atoms with Crippen LogP contribution in [-0.4, -0.2) is 41.0 Å². The van der Waals surface area contributed by atoms with E-state index < -0.39 is 23.7 Å². The molecule has 8 heteroatoms. The Bertz CT molecular complexity index is 737. The van der Waals surface area contributed by atoms with Crippen molar-refractivity contribution in [2.45, 2.75) is 45.3 Å². The van der Waals surface area contributed by atoms with E-state index in [9.17, 15) is 9.59 Å². The van der Waals surface area contributed by atoms with E-state index in [1.165, 1.54) is 7.11 Å². The summed E-state index contributed by atoms with van der Waals surface area (Å²) in [6.07, 6.45) is -0.152. The number of carbonyl (C=O) groups is 2. The molecule has 1 heterocycles. The Labute approximate surface area is 151 Å². The van der Waals surface area contributed by atoms with Crippen molar-refractivity contribution in [3.63, 3.8) is 0 Å². The van der Waals surface area contributed by atoms with Crippen LogP contribution in [-0.2, 0) is 20.7 Å². The third-order valence-corrected chi connectivity index (χ3v) is 3.32. The molecule has 1 atom stereocenters. The predicted octanol–water partition coefficient (Wildman–Crippen LogP) is 2.74. The van der Waals surface area contributed by atoms with Crippen molar-refractivity contribution in [3.8, 4) is 11.4 Å². The molecule has 0 aliphatic rings. The van der Waals surface area contributed by atoms with Gasteiger partial charge in [0.15, 0.2) is 0 Å². The Morgan fingerprint density at radius 1 is 1.23 bits per heavy atom.